The van der Waals surface area contributed by atoms with Gasteiger partial charge in [0.1, 0.15) is 21.7 Å². The van der Waals surface area contributed by atoms with E-state index in [9.17, 15) is 5.11 Å². The van der Waals surface area contributed by atoms with E-state index < -0.39 is 7.92 Å². The number of hydrogen-bond donors (Lipinski definition) is 1. The summed E-state index contributed by atoms with van der Waals surface area (Å²) in [5.41, 5.74) is 2.57. The fraction of sp³-hybridized carbons (Fsp3) is 0.0769. The summed E-state index contributed by atoms with van der Waals surface area (Å²) in [6, 6.07) is 37.2. The highest BCUT2D eigenvalue weighted by Crippen LogP contribution is 2.33. The van der Waals surface area contributed by atoms with Crippen LogP contribution in [0.2, 0.25) is 0 Å². The van der Waals surface area contributed by atoms with Crippen LogP contribution in [0.15, 0.2) is 109 Å². The summed E-state index contributed by atoms with van der Waals surface area (Å²) < 4.78 is 0. The quantitative estimate of drug-likeness (QED) is 0.330. The first kappa shape index (κ1) is 23.1. The van der Waals surface area contributed by atoms with E-state index in [1.807, 2.05) is 48.5 Å². The molecule has 0 saturated carbocycles. The number of benzene rings is 4. The maximum atomic E-state index is 9.58. The van der Waals surface area contributed by atoms with Gasteiger partial charge in [-0.3, -0.25) is 0 Å². The Bertz CT molecular complexity index is 928. The molecule has 0 aliphatic carbocycles. The number of hydrogen-bond acceptors (Lipinski definition) is 1. The third kappa shape index (κ3) is 6.99. The van der Waals surface area contributed by atoms with Crippen molar-refractivity contribution >= 4 is 23.8 Å². The SMILES string of the molecule is Cc1cccc([PH+](c2ccc(O)cc2)c2cccc(C)c2)c1.[I-].c1ccccc1. The predicted molar refractivity (Wildman–Crippen MR) is 124 cm³/mol. The maximum absolute atomic E-state index is 9.58. The zero-order valence-electron chi connectivity index (χ0n) is 16.7. The van der Waals surface area contributed by atoms with E-state index >= 15 is 0 Å². The van der Waals surface area contributed by atoms with Gasteiger partial charge >= 0.3 is 0 Å². The molecule has 3 heteroatoms. The van der Waals surface area contributed by atoms with Crippen LogP contribution < -0.4 is 39.9 Å². The van der Waals surface area contributed by atoms with Gasteiger partial charge in [0.15, 0.2) is 0 Å². The molecule has 29 heavy (non-hydrogen) atoms. The van der Waals surface area contributed by atoms with Crippen LogP contribution in [0, 0.1) is 13.8 Å². The molecule has 0 saturated heterocycles. The molecule has 0 radical (unpaired) electrons. The van der Waals surface area contributed by atoms with E-state index in [2.05, 4.69) is 62.4 Å². The van der Waals surface area contributed by atoms with Crippen LogP contribution in [0.4, 0.5) is 0 Å². The van der Waals surface area contributed by atoms with Crippen molar-refractivity contribution in [1.29, 1.82) is 0 Å². The minimum atomic E-state index is -1.05. The fourth-order valence-corrected chi connectivity index (χ4v) is 5.88. The summed E-state index contributed by atoms with van der Waals surface area (Å²) in [6.45, 7) is 4.27. The van der Waals surface area contributed by atoms with Crippen LogP contribution in [-0.4, -0.2) is 5.11 Å². The Kier molecular flexibility index (Phi) is 9.37. The molecule has 4 aromatic carbocycles. The maximum Gasteiger partial charge on any atom is 0.115 e. The van der Waals surface area contributed by atoms with Crippen LogP contribution in [0.5, 0.6) is 5.75 Å². The number of aromatic hydroxyl groups is 1. The zero-order chi connectivity index (χ0) is 19.8. The molecule has 0 bridgehead atoms. The van der Waals surface area contributed by atoms with Gasteiger partial charge in [-0.25, -0.2) is 0 Å². The van der Waals surface area contributed by atoms with E-state index in [4.69, 9.17) is 0 Å². The lowest BCUT2D eigenvalue weighted by molar-refractivity contribution is -0.00000663. The van der Waals surface area contributed by atoms with Crippen molar-refractivity contribution in [1.82, 2.24) is 0 Å². The first-order chi connectivity index (χ1) is 13.6. The molecule has 0 spiro atoms. The third-order valence-electron chi connectivity index (χ3n) is 4.44. The molecule has 0 heterocycles. The number of halogens is 1. The lowest BCUT2D eigenvalue weighted by Crippen LogP contribution is -3.00. The summed E-state index contributed by atoms with van der Waals surface area (Å²) in [6.07, 6.45) is 0. The van der Waals surface area contributed by atoms with Crippen LogP contribution in [-0.2, 0) is 0 Å². The number of rotatable bonds is 3. The lowest BCUT2D eigenvalue weighted by atomic mass is 10.2. The van der Waals surface area contributed by atoms with Gasteiger partial charge < -0.3 is 29.1 Å². The Morgan fingerprint density at radius 1 is 0.517 bits per heavy atom. The highest BCUT2D eigenvalue weighted by Gasteiger charge is 2.25. The van der Waals surface area contributed by atoms with Crippen molar-refractivity contribution in [3.63, 3.8) is 0 Å². The van der Waals surface area contributed by atoms with E-state index in [0.717, 1.165) is 0 Å². The van der Waals surface area contributed by atoms with Crippen LogP contribution in [0.1, 0.15) is 11.1 Å². The highest BCUT2D eigenvalue weighted by molar-refractivity contribution is 7.79. The zero-order valence-corrected chi connectivity index (χ0v) is 19.9. The van der Waals surface area contributed by atoms with E-state index in [0.29, 0.717) is 5.75 Å². The average Bonchev–Trinajstić information content (AvgIpc) is 2.72. The van der Waals surface area contributed by atoms with Crippen molar-refractivity contribution in [2.45, 2.75) is 13.8 Å². The summed E-state index contributed by atoms with van der Waals surface area (Å²) in [4.78, 5) is 0. The summed E-state index contributed by atoms with van der Waals surface area (Å²) in [5.74, 6) is 0.318. The normalized spacial score (nSPS) is 9.90. The topological polar surface area (TPSA) is 20.2 Å². The van der Waals surface area contributed by atoms with Crippen molar-refractivity contribution in [3.8, 4) is 5.75 Å². The number of phenols is 1. The van der Waals surface area contributed by atoms with Gasteiger partial charge in [-0.1, -0.05) is 60.7 Å². The van der Waals surface area contributed by atoms with Crippen LogP contribution in [0.3, 0.4) is 0 Å². The van der Waals surface area contributed by atoms with Crippen molar-refractivity contribution < 1.29 is 29.1 Å². The van der Waals surface area contributed by atoms with Gasteiger partial charge in [0.05, 0.1) is 7.92 Å². The molecular weight excluding hydrogens is 486 g/mol. The van der Waals surface area contributed by atoms with Crippen molar-refractivity contribution in [2.75, 3.05) is 0 Å². The molecule has 0 amide bonds. The summed E-state index contributed by atoms with van der Waals surface area (Å²) in [7, 11) is -1.05. The third-order valence-corrected chi connectivity index (χ3v) is 7.12. The van der Waals surface area contributed by atoms with E-state index in [1.165, 1.54) is 27.0 Å². The van der Waals surface area contributed by atoms with Gasteiger partial charge in [0.2, 0.25) is 0 Å². The largest absolute Gasteiger partial charge is 1.00 e. The first-order valence-electron chi connectivity index (χ1n) is 9.44. The first-order valence-corrected chi connectivity index (χ1v) is 10.9. The molecule has 1 N–H and O–H groups in total. The van der Waals surface area contributed by atoms with Gasteiger partial charge in [0, 0.05) is 0 Å². The highest BCUT2D eigenvalue weighted by atomic mass is 127. The monoisotopic (exact) mass is 512 g/mol. The second-order valence-electron chi connectivity index (χ2n) is 6.82. The van der Waals surface area contributed by atoms with Crippen molar-refractivity contribution in [2.24, 2.45) is 0 Å². The van der Waals surface area contributed by atoms with E-state index in [1.54, 1.807) is 12.1 Å². The fourth-order valence-electron chi connectivity index (χ4n) is 3.11. The molecule has 0 atom stereocenters. The number of phenolic OH excluding ortho intramolecular Hbond substituents is 1. The smallest absolute Gasteiger partial charge is 0.115 e. The molecule has 0 aliphatic heterocycles. The molecule has 4 aromatic rings. The molecule has 4 rings (SSSR count). The van der Waals surface area contributed by atoms with E-state index in [-0.39, 0.29) is 24.0 Å². The molecule has 0 fully saturated rings. The molecule has 148 valence electrons. The van der Waals surface area contributed by atoms with Crippen LogP contribution >= 0.6 is 7.92 Å². The lowest BCUT2D eigenvalue weighted by Gasteiger charge is -2.12. The van der Waals surface area contributed by atoms with Gasteiger partial charge in [-0.2, -0.15) is 0 Å². The Hall–Kier alpha value is -2.16. The average molecular weight is 512 g/mol. The minimum absolute atomic E-state index is 0. The molecule has 0 aliphatic rings. The summed E-state index contributed by atoms with van der Waals surface area (Å²) >= 11 is 0. The Morgan fingerprint density at radius 3 is 1.31 bits per heavy atom. The predicted octanol–water partition coefficient (Wildman–Crippen LogP) is 2.19. The second-order valence-corrected chi connectivity index (χ2v) is 9.30. The Balaban J connectivity index is 0.000000369. The standard InChI is InChI=1S/C20H19OP.C6H6.HI/c1-15-5-3-7-19(13-15)22(18-11-9-17(21)10-12-18)20-8-4-6-16(2)14-20;1-2-4-6-5-3-1;/h3-14,21H,1-2H3;1-6H;1H. The minimum Gasteiger partial charge on any atom is -1.00 e. The Labute approximate surface area is 192 Å². The molecular formula is C26H26IOP. The molecule has 1 nitrogen and oxygen atoms in total. The molecule has 0 unspecified atom stereocenters. The number of aryl methyl sites for hydroxylation is 2. The van der Waals surface area contributed by atoms with Gasteiger partial charge in [-0.15, -0.1) is 0 Å². The van der Waals surface area contributed by atoms with Gasteiger partial charge in [-0.05, 0) is 73.5 Å². The van der Waals surface area contributed by atoms with Gasteiger partial charge in [0.25, 0.3) is 0 Å². The second kappa shape index (κ2) is 11.7. The van der Waals surface area contributed by atoms with Crippen molar-refractivity contribution in [3.05, 3.63) is 120 Å². The van der Waals surface area contributed by atoms with Crippen LogP contribution in [0.25, 0.3) is 0 Å². The molecule has 0 aromatic heterocycles. The summed E-state index contributed by atoms with van der Waals surface area (Å²) in [5, 5.41) is 13.6. The Morgan fingerprint density at radius 2 is 0.931 bits per heavy atom.